The SMILES string of the molecule is O=S(=O)([O-])[O-].[NH2-].[NH2-].[Zn+2].[Zn+2]. The van der Waals surface area contributed by atoms with E-state index >= 15 is 0 Å². The summed E-state index contributed by atoms with van der Waals surface area (Å²) < 4.78 is 34.1. The molecule has 0 aliphatic heterocycles. The molecule has 48 valence electrons. The van der Waals surface area contributed by atoms with Crippen molar-refractivity contribution >= 4 is 10.4 Å². The number of hydrogen-bond acceptors (Lipinski definition) is 4. The van der Waals surface area contributed by atoms with Crippen LogP contribution in [0.25, 0.3) is 12.3 Å². The molecule has 0 fully saturated rings. The van der Waals surface area contributed by atoms with Crippen molar-refractivity contribution in [2.24, 2.45) is 0 Å². The second kappa shape index (κ2) is 11.8. The van der Waals surface area contributed by atoms with Gasteiger partial charge in [-0.05, 0) is 0 Å². The van der Waals surface area contributed by atoms with Crippen molar-refractivity contribution in [3.8, 4) is 0 Å². The first-order valence-electron chi connectivity index (χ1n) is 0.667. The Hall–Kier alpha value is 1.04. The molecule has 9 heteroatoms. The Bertz CT molecular complexity index is 99.7. The molecule has 0 spiro atoms. The topological polar surface area (TPSA) is 147 Å². The molecule has 0 unspecified atom stereocenters. The van der Waals surface area contributed by atoms with Gasteiger partial charge in [0.05, 0.1) is 0 Å². The molecule has 0 aliphatic carbocycles. The number of hydrogen-bond donors (Lipinski definition) is 0. The first-order chi connectivity index (χ1) is 2.00. The van der Waals surface area contributed by atoms with Crippen molar-refractivity contribution in [3.63, 3.8) is 0 Å². The summed E-state index contributed by atoms with van der Waals surface area (Å²) in [6.07, 6.45) is 0. The molecule has 0 rings (SSSR count). The summed E-state index contributed by atoms with van der Waals surface area (Å²) in [4.78, 5) is 0. The third-order valence-corrected chi connectivity index (χ3v) is 0. The molecule has 0 aromatic heterocycles. The monoisotopic (exact) mass is 256 g/mol. The van der Waals surface area contributed by atoms with Crippen LogP contribution in [0, 0.1) is 0 Å². The van der Waals surface area contributed by atoms with E-state index in [9.17, 15) is 0 Å². The number of rotatable bonds is 0. The van der Waals surface area contributed by atoms with Gasteiger partial charge in [-0.2, -0.15) is 0 Å². The molecule has 0 saturated carbocycles. The van der Waals surface area contributed by atoms with Crippen molar-refractivity contribution < 1.29 is 56.5 Å². The second-order valence-corrected chi connectivity index (χ2v) is 1.22. The molecular weight excluding hydrogens is 255 g/mol. The summed E-state index contributed by atoms with van der Waals surface area (Å²) >= 11 is 0. The fourth-order valence-corrected chi connectivity index (χ4v) is 0. The van der Waals surface area contributed by atoms with E-state index in [2.05, 4.69) is 0 Å². The minimum Gasteiger partial charge on any atom is -0.759 e. The standard InChI is InChI=1S/2H2N.H2O4S.2Zn/c;;1-5(2,3)4;;/h2*1H2;(H2,1,2,3,4);;/q2*-1;;2*+2/p-2. The second-order valence-electron chi connectivity index (χ2n) is 0.408. The van der Waals surface area contributed by atoms with E-state index in [-0.39, 0.29) is 51.3 Å². The van der Waals surface area contributed by atoms with E-state index in [1.54, 1.807) is 0 Å². The summed E-state index contributed by atoms with van der Waals surface area (Å²) in [5.41, 5.74) is 0. The largest absolute Gasteiger partial charge is 2.00 e. The van der Waals surface area contributed by atoms with Gasteiger partial charge in [-0.15, -0.1) is 0 Å². The molecule has 0 heterocycles. The molecular formula is H4N2O4SZn2. The Morgan fingerprint density at radius 3 is 0.889 bits per heavy atom. The quantitative estimate of drug-likeness (QED) is 0.344. The average Bonchev–Trinajstić information content (AvgIpc) is 0.722. The van der Waals surface area contributed by atoms with Gasteiger partial charge in [0, 0.05) is 10.4 Å². The summed E-state index contributed by atoms with van der Waals surface area (Å²) in [6.45, 7) is 0. The van der Waals surface area contributed by atoms with Crippen LogP contribution < -0.4 is 0 Å². The van der Waals surface area contributed by atoms with Crippen LogP contribution in [0.3, 0.4) is 0 Å². The van der Waals surface area contributed by atoms with Gasteiger partial charge in [-0.3, -0.25) is 8.42 Å². The van der Waals surface area contributed by atoms with E-state index in [1.165, 1.54) is 0 Å². The predicted molar refractivity (Wildman–Crippen MR) is 21.0 cm³/mol. The zero-order valence-electron chi connectivity index (χ0n) is 4.61. The van der Waals surface area contributed by atoms with Crippen LogP contribution in [-0.4, -0.2) is 17.5 Å². The van der Waals surface area contributed by atoms with Crippen molar-refractivity contribution in [3.05, 3.63) is 12.3 Å². The van der Waals surface area contributed by atoms with Crippen LogP contribution in [0.1, 0.15) is 0 Å². The minimum absolute atomic E-state index is 0. The molecule has 0 saturated heterocycles. The molecule has 6 nitrogen and oxygen atoms in total. The van der Waals surface area contributed by atoms with E-state index < -0.39 is 10.4 Å². The van der Waals surface area contributed by atoms with Gasteiger partial charge < -0.3 is 21.4 Å². The van der Waals surface area contributed by atoms with Crippen LogP contribution >= 0.6 is 0 Å². The summed E-state index contributed by atoms with van der Waals surface area (Å²) in [5, 5.41) is 0. The third kappa shape index (κ3) is 416. The number of nitrogens with two attached hydrogens (primary N) is 2. The van der Waals surface area contributed by atoms with Crippen LogP contribution in [0.2, 0.25) is 0 Å². The molecule has 9 heavy (non-hydrogen) atoms. The summed E-state index contributed by atoms with van der Waals surface area (Å²) in [5.74, 6) is 0. The first kappa shape index (κ1) is 32.3. The van der Waals surface area contributed by atoms with E-state index in [0.29, 0.717) is 0 Å². The predicted octanol–water partition coefficient (Wildman–Crippen LogP) is 0.0912. The summed E-state index contributed by atoms with van der Waals surface area (Å²) in [6, 6.07) is 0. The summed E-state index contributed by atoms with van der Waals surface area (Å²) in [7, 11) is -5.17. The maximum absolute atomic E-state index is 8.52. The molecule has 0 aromatic rings. The molecule has 0 aliphatic rings. The van der Waals surface area contributed by atoms with Gasteiger partial charge >= 0.3 is 39.0 Å². The van der Waals surface area contributed by atoms with Gasteiger partial charge in [0.1, 0.15) is 0 Å². The normalized spacial score (nSPS) is 6.44. The molecule has 0 amide bonds. The maximum atomic E-state index is 8.52. The first-order valence-corrected chi connectivity index (χ1v) is 2.00. The van der Waals surface area contributed by atoms with Crippen LogP contribution in [0.15, 0.2) is 0 Å². The van der Waals surface area contributed by atoms with Crippen LogP contribution in [-0.2, 0) is 49.4 Å². The molecule has 0 radical (unpaired) electrons. The Kier molecular flexibility index (Phi) is 42.3. The van der Waals surface area contributed by atoms with Gasteiger partial charge in [-0.25, -0.2) is 0 Å². The van der Waals surface area contributed by atoms with Crippen LogP contribution in [0.5, 0.6) is 0 Å². The van der Waals surface area contributed by atoms with E-state index in [4.69, 9.17) is 17.5 Å². The average molecular weight is 259 g/mol. The van der Waals surface area contributed by atoms with Crippen molar-refractivity contribution in [2.75, 3.05) is 0 Å². The van der Waals surface area contributed by atoms with Crippen molar-refractivity contribution in [1.82, 2.24) is 0 Å². The Morgan fingerprint density at radius 1 is 0.889 bits per heavy atom. The molecule has 0 bridgehead atoms. The zero-order valence-corrected chi connectivity index (χ0v) is 11.4. The van der Waals surface area contributed by atoms with Gasteiger partial charge in [0.25, 0.3) is 0 Å². The van der Waals surface area contributed by atoms with Gasteiger partial charge in [-0.1, -0.05) is 0 Å². The van der Waals surface area contributed by atoms with E-state index in [0.717, 1.165) is 0 Å². The van der Waals surface area contributed by atoms with Crippen molar-refractivity contribution in [1.29, 1.82) is 0 Å². The minimum atomic E-state index is -5.17. The fourth-order valence-electron chi connectivity index (χ4n) is 0. The maximum Gasteiger partial charge on any atom is 2.00 e. The molecule has 0 atom stereocenters. The molecule has 4 N–H and O–H groups in total. The Morgan fingerprint density at radius 2 is 0.889 bits per heavy atom. The Labute approximate surface area is 79.0 Å². The molecule has 0 aromatic carbocycles. The van der Waals surface area contributed by atoms with Gasteiger partial charge in [0.15, 0.2) is 0 Å². The smallest absolute Gasteiger partial charge is 0.759 e. The van der Waals surface area contributed by atoms with Crippen LogP contribution in [0.4, 0.5) is 0 Å². The zero-order chi connectivity index (χ0) is 4.50. The van der Waals surface area contributed by atoms with E-state index in [1.807, 2.05) is 0 Å². The fraction of sp³-hybridized carbons (Fsp3) is 0. The third-order valence-electron chi connectivity index (χ3n) is 0. The van der Waals surface area contributed by atoms with Gasteiger partial charge in [0.2, 0.25) is 0 Å². The Balaban J connectivity index is -0.0000000133. The van der Waals surface area contributed by atoms with Crippen molar-refractivity contribution in [2.45, 2.75) is 0 Å².